The second-order valence-corrected chi connectivity index (χ2v) is 6.24. The molecule has 0 aliphatic heterocycles. The van der Waals surface area contributed by atoms with Crippen molar-refractivity contribution >= 4 is 33.1 Å². The standard InChI is InChI=1S/C17H16N2O3S.Fe/c1-10-9-23-17-12(10)14(20)13(16(22)19(17)3)15(21)18(2)11-7-5-4-6-8-11;/h4-9,20H,1-3H3;. The number of fused-ring (bicyclic) bond motifs is 1. The Morgan fingerprint density at radius 2 is 1.88 bits per heavy atom. The Morgan fingerprint density at radius 1 is 1.25 bits per heavy atom. The monoisotopic (exact) mass is 384 g/mol. The number of thiophene rings is 1. The minimum absolute atomic E-state index is 0. The van der Waals surface area contributed by atoms with Crippen molar-refractivity contribution in [1.29, 1.82) is 0 Å². The first-order chi connectivity index (χ1) is 10.9. The number of anilines is 1. The summed E-state index contributed by atoms with van der Waals surface area (Å²) >= 11 is 1.37. The number of carbonyl (C=O) groups is 1. The molecule has 1 N–H and O–H groups in total. The molecule has 0 aliphatic rings. The fraction of sp³-hybridized carbons (Fsp3) is 0.176. The summed E-state index contributed by atoms with van der Waals surface area (Å²) in [6.07, 6.45) is 0. The maximum absolute atomic E-state index is 12.8. The zero-order chi connectivity index (χ0) is 16.7. The van der Waals surface area contributed by atoms with Crippen molar-refractivity contribution in [3.8, 4) is 5.75 Å². The molecule has 0 saturated carbocycles. The zero-order valence-corrected chi connectivity index (χ0v) is 15.3. The Morgan fingerprint density at radius 3 is 2.50 bits per heavy atom. The largest absolute Gasteiger partial charge is 0.506 e. The van der Waals surface area contributed by atoms with Gasteiger partial charge in [-0.05, 0) is 30.0 Å². The summed E-state index contributed by atoms with van der Waals surface area (Å²) in [6.45, 7) is 1.85. The maximum atomic E-state index is 12.8. The predicted octanol–water partition coefficient (Wildman–Crippen LogP) is 2.89. The quantitative estimate of drug-likeness (QED) is 0.692. The van der Waals surface area contributed by atoms with E-state index in [0.717, 1.165) is 5.56 Å². The van der Waals surface area contributed by atoms with Crippen LogP contribution >= 0.6 is 11.3 Å². The van der Waals surface area contributed by atoms with Crippen LogP contribution in [0.3, 0.4) is 0 Å². The molecule has 0 atom stereocenters. The van der Waals surface area contributed by atoms with Crippen molar-refractivity contribution in [3.05, 3.63) is 57.2 Å². The van der Waals surface area contributed by atoms with E-state index < -0.39 is 11.5 Å². The van der Waals surface area contributed by atoms with Crippen LogP contribution in [0.25, 0.3) is 10.2 Å². The Bertz CT molecular complexity index is 963. The first-order valence-electron chi connectivity index (χ1n) is 7.06. The van der Waals surface area contributed by atoms with Gasteiger partial charge in [-0.1, -0.05) is 18.2 Å². The van der Waals surface area contributed by atoms with Crippen LogP contribution in [-0.2, 0) is 24.1 Å². The number of carbonyl (C=O) groups excluding carboxylic acids is 1. The minimum atomic E-state index is -0.526. The Kier molecular flexibility index (Phi) is 5.18. The second-order valence-electron chi connectivity index (χ2n) is 5.39. The van der Waals surface area contributed by atoms with E-state index in [2.05, 4.69) is 0 Å². The van der Waals surface area contributed by atoms with Gasteiger partial charge in [-0.3, -0.25) is 9.59 Å². The van der Waals surface area contributed by atoms with E-state index in [1.165, 1.54) is 20.8 Å². The number of aryl methyl sites for hydroxylation is 2. The molecular formula is C17H16FeN2O3S. The topological polar surface area (TPSA) is 62.5 Å². The van der Waals surface area contributed by atoms with Gasteiger partial charge in [0.25, 0.3) is 11.5 Å². The number of rotatable bonds is 2. The van der Waals surface area contributed by atoms with Crippen LogP contribution in [0.1, 0.15) is 15.9 Å². The molecule has 126 valence electrons. The van der Waals surface area contributed by atoms with Crippen molar-refractivity contribution in [1.82, 2.24) is 4.57 Å². The molecule has 0 fully saturated rings. The first-order valence-corrected chi connectivity index (χ1v) is 7.94. The smallest absolute Gasteiger partial charge is 0.268 e. The zero-order valence-electron chi connectivity index (χ0n) is 13.4. The van der Waals surface area contributed by atoms with Gasteiger partial charge in [0.1, 0.15) is 16.1 Å². The van der Waals surface area contributed by atoms with Crippen molar-refractivity contribution in [2.75, 3.05) is 11.9 Å². The molecule has 0 radical (unpaired) electrons. The molecular weight excluding hydrogens is 368 g/mol. The second kappa shape index (κ2) is 6.81. The van der Waals surface area contributed by atoms with Gasteiger partial charge in [0, 0.05) is 36.9 Å². The molecule has 0 spiro atoms. The summed E-state index contributed by atoms with van der Waals surface area (Å²) in [5, 5.41) is 13.0. The number of hydrogen-bond acceptors (Lipinski definition) is 4. The summed E-state index contributed by atoms with van der Waals surface area (Å²) in [5.41, 5.74) is 0.799. The van der Waals surface area contributed by atoms with E-state index in [-0.39, 0.29) is 28.4 Å². The molecule has 1 amide bonds. The molecule has 5 nitrogen and oxygen atoms in total. The fourth-order valence-electron chi connectivity index (χ4n) is 2.58. The number of nitrogens with zero attached hydrogens (tertiary/aromatic N) is 2. The average Bonchev–Trinajstić information content (AvgIpc) is 2.95. The van der Waals surface area contributed by atoms with Crippen molar-refractivity contribution in [2.45, 2.75) is 6.92 Å². The summed E-state index contributed by atoms with van der Waals surface area (Å²) in [5.74, 6) is -0.767. The number of aromatic nitrogens is 1. The fourth-order valence-corrected chi connectivity index (χ4v) is 3.60. The van der Waals surface area contributed by atoms with Crippen molar-refractivity contribution in [3.63, 3.8) is 0 Å². The van der Waals surface area contributed by atoms with E-state index in [4.69, 9.17) is 0 Å². The van der Waals surface area contributed by atoms with Gasteiger partial charge < -0.3 is 14.6 Å². The summed E-state index contributed by atoms with van der Waals surface area (Å²) < 4.78 is 1.42. The van der Waals surface area contributed by atoms with Gasteiger partial charge in [0.2, 0.25) is 0 Å². The SMILES string of the molecule is Cc1csc2c1c(O)c(C(=O)N(C)c1ccccc1)c(=O)n2C.[Fe]. The van der Waals surface area contributed by atoms with E-state index in [0.29, 0.717) is 15.9 Å². The molecule has 3 aromatic rings. The maximum Gasteiger partial charge on any atom is 0.268 e. The summed E-state index contributed by atoms with van der Waals surface area (Å²) in [4.78, 5) is 27.3. The summed E-state index contributed by atoms with van der Waals surface area (Å²) in [7, 11) is 3.20. The third-order valence-corrected chi connectivity index (χ3v) is 5.09. The average molecular weight is 384 g/mol. The van der Waals surface area contributed by atoms with Crippen molar-refractivity contribution < 1.29 is 27.0 Å². The molecule has 7 heteroatoms. The predicted molar refractivity (Wildman–Crippen MR) is 92.6 cm³/mol. The van der Waals surface area contributed by atoms with Gasteiger partial charge in [0.05, 0.1) is 5.39 Å². The third-order valence-electron chi connectivity index (χ3n) is 3.91. The van der Waals surface area contributed by atoms with Gasteiger partial charge in [-0.25, -0.2) is 0 Å². The molecule has 2 aromatic heterocycles. The van der Waals surface area contributed by atoms with Crippen LogP contribution in [0.5, 0.6) is 5.75 Å². The normalized spacial score (nSPS) is 10.5. The van der Waals surface area contributed by atoms with E-state index in [1.807, 2.05) is 30.5 Å². The summed E-state index contributed by atoms with van der Waals surface area (Å²) in [6, 6.07) is 9.01. The van der Waals surface area contributed by atoms with Gasteiger partial charge >= 0.3 is 0 Å². The third kappa shape index (κ3) is 2.75. The molecule has 0 bridgehead atoms. The van der Waals surface area contributed by atoms with Crippen LogP contribution in [-0.4, -0.2) is 22.6 Å². The van der Waals surface area contributed by atoms with Gasteiger partial charge in [-0.2, -0.15) is 0 Å². The number of pyridine rings is 1. The Labute approximate surface area is 153 Å². The van der Waals surface area contributed by atoms with Crippen LogP contribution in [0.4, 0.5) is 5.69 Å². The van der Waals surface area contributed by atoms with Crippen LogP contribution in [0.15, 0.2) is 40.5 Å². The molecule has 0 aliphatic carbocycles. The molecule has 0 saturated heterocycles. The number of aromatic hydroxyl groups is 1. The van der Waals surface area contributed by atoms with E-state index in [9.17, 15) is 14.7 Å². The van der Waals surface area contributed by atoms with Gasteiger partial charge in [0.15, 0.2) is 0 Å². The minimum Gasteiger partial charge on any atom is -0.506 e. The number of para-hydroxylation sites is 1. The van der Waals surface area contributed by atoms with E-state index >= 15 is 0 Å². The number of benzene rings is 1. The molecule has 0 unspecified atom stereocenters. The van der Waals surface area contributed by atoms with E-state index in [1.54, 1.807) is 26.2 Å². The Hall–Kier alpha value is -2.08. The first kappa shape index (κ1) is 18.3. The molecule has 3 rings (SSSR count). The number of hydrogen-bond donors (Lipinski definition) is 1. The van der Waals surface area contributed by atoms with Crippen LogP contribution in [0.2, 0.25) is 0 Å². The molecule has 1 aromatic carbocycles. The molecule has 24 heavy (non-hydrogen) atoms. The van der Waals surface area contributed by atoms with Crippen molar-refractivity contribution in [2.24, 2.45) is 7.05 Å². The van der Waals surface area contributed by atoms with Gasteiger partial charge in [-0.15, -0.1) is 11.3 Å². The molecule has 2 heterocycles. The van der Waals surface area contributed by atoms with Crippen LogP contribution < -0.4 is 10.5 Å². The van der Waals surface area contributed by atoms with Crippen LogP contribution in [0, 0.1) is 6.92 Å². The number of amides is 1. The Balaban J connectivity index is 0.00000208.